The first-order valence-electron chi connectivity index (χ1n) is 9.88. The summed E-state index contributed by atoms with van der Waals surface area (Å²) in [6, 6.07) is 4.03. The van der Waals surface area contributed by atoms with Gasteiger partial charge in [-0.3, -0.25) is 4.98 Å². The highest BCUT2D eigenvalue weighted by molar-refractivity contribution is 7.19. The number of nitrogens with zero attached hydrogens (tertiary/aromatic N) is 4. The predicted octanol–water partition coefficient (Wildman–Crippen LogP) is 5.01. The Kier molecular flexibility index (Phi) is 4.33. The van der Waals surface area contributed by atoms with Crippen molar-refractivity contribution in [1.29, 1.82) is 0 Å². The van der Waals surface area contributed by atoms with Gasteiger partial charge in [-0.1, -0.05) is 19.3 Å². The number of anilines is 1. The van der Waals surface area contributed by atoms with Crippen molar-refractivity contribution in [3.8, 4) is 11.4 Å². The summed E-state index contributed by atoms with van der Waals surface area (Å²) in [6.45, 7) is 2.23. The molecule has 0 aromatic carbocycles. The Bertz CT molecular complexity index is 911. The van der Waals surface area contributed by atoms with Crippen LogP contribution in [0.1, 0.15) is 49.0 Å². The quantitative estimate of drug-likeness (QED) is 0.641. The van der Waals surface area contributed by atoms with Gasteiger partial charge < -0.3 is 4.90 Å². The van der Waals surface area contributed by atoms with E-state index in [1.807, 2.05) is 23.6 Å². The highest BCUT2D eigenvalue weighted by Crippen LogP contribution is 2.41. The number of thiophene rings is 1. The van der Waals surface area contributed by atoms with E-state index in [4.69, 9.17) is 9.97 Å². The largest absolute Gasteiger partial charge is 0.356 e. The van der Waals surface area contributed by atoms with Gasteiger partial charge in [0, 0.05) is 35.9 Å². The molecule has 5 rings (SSSR count). The molecular formula is C21H24N4S. The molecule has 0 unspecified atom stereocenters. The van der Waals surface area contributed by atoms with Gasteiger partial charge >= 0.3 is 0 Å². The standard InChI is InChI=1S/C21H24N4S/c1-2-4-12-25(13-5-3-1)20-18-16-9-6-10-17(16)26-21(18)24-19(23-20)15-8-7-11-22-14-15/h7-8,11,14H,1-6,9-10,12-13H2. The lowest BCUT2D eigenvalue weighted by Gasteiger charge is -2.27. The molecule has 0 radical (unpaired) electrons. The fourth-order valence-electron chi connectivity index (χ4n) is 4.29. The zero-order valence-electron chi connectivity index (χ0n) is 15.1. The van der Waals surface area contributed by atoms with Crippen LogP contribution in [0.4, 0.5) is 5.82 Å². The van der Waals surface area contributed by atoms with Crippen LogP contribution in [-0.2, 0) is 12.8 Å². The molecule has 4 nitrogen and oxygen atoms in total. The lowest BCUT2D eigenvalue weighted by atomic mass is 10.1. The Labute approximate surface area is 158 Å². The van der Waals surface area contributed by atoms with Gasteiger partial charge in [-0.15, -0.1) is 11.3 Å². The molecule has 0 atom stereocenters. The molecule has 1 fully saturated rings. The van der Waals surface area contributed by atoms with E-state index >= 15 is 0 Å². The van der Waals surface area contributed by atoms with E-state index in [1.54, 1.807) is 6.20 Å². The van der Waals surface area contributed by atoms with Gasteiger partial charge in [-0.25, -0.2) is 9.97 Å². The molecule has 0 saturated carbocycles. The lowest BCUT2D eigenvalue weighted by molar-refractivity contribution is 0.554. The van der Waals surface area contributed by atoms with Crippen LogP contribution >= 0.6 is 11.3 Å². The minimum absolute atomic E-state index is 0.822. The monoisotopic (exact) mass is 364 g/mol. The molecule has 134 valence electrons. The van der Waals surface area contributed by atoms with Crippen LogP contribution in [0.25, 0.3) is 21.6 Å². The Morgan fingerprint density at radius 3 is 2.58 bits per heavy atom. The maximum Gasteiger partial charge on any atom is 0.164 e. The van der Waals surface area contributed by atoms with Gasteiger partial charge in [0.1, 0.15) is 10.6 Å². The molecule has 0 spiro atoms. The topological polar surface area (TPSA) is 41.9 Å². The highest BCUT2D eigenvalue weighted by atomic mass is 32.1. The van der Waals surface area contributed by atoms with E-state index < -0.39 is 0 Å². The number of hydrogen-bond donors (Lipinski definition) is 0. The van der Waals surface area contributed by atoms with Crippen molar-refractivity contribution in [2.45, 2.75) is 51.4 Å². The van der Waals surface area contributed by atoms with Crippen LogP contribution in [0.2, 0.25) is 0 Å². The van der Waals surface area contributed by atoms with Gasteiger partial charge in [0.05, 0.1) is 5.39 Å². The van der Waals surface area contributed by atoms with E-state index in [9.17, 15) is 0 Å². The molecule has 3 aromatic rings. The number of rotatable bonds is 2. The van der Waals surface area contributed by atoms with Gasteiger partial charge in [-0.2, -0.15) is 0 Å². The van der Waals surface area contributed by atoms with E-state index in [0.717, 1.165) is 24.5 Å². The maximum absolute atomic E-state index is 5.10. The summed E-state index contributed by atoms with van der Waals surface area (Å²) in [6.07, 6.45) is 13.9. The van der Waals surface area contributed by atoms with Crippen molar-refractivity contribution in [2.75, 3.05) is 18.0 Å². The summed E-state index contributed by atoms with van der Waals surface area (Å²) in [5.74, 6) is 2.00. The summed E-state index contributed by atoms with van der Waals surface area (Å²) in [5.41, 5.74) is 2.54. The average molecular weight is 365 g/mol. The molecule has 1 aliphatic carbocycles. The zero-order valence-corrected chi connectivity index (χ0v) is 15.9. The molecular weight excluding hydrogens is 340 g/mol. The van der Waals surface area contributed by atoms with E-state index in [2.05, 4.69) is 16.0 Å². The van der Waals surface area contributed by atoms with Crippen molar-refractivity contribution >= 4 is 27.4 Å². The summed E-state index contributed by atoms with van der Waals surface area (Å²) < 4.78 is 0. The van der Waals surface area contributed by atoms with E-state index in [-0.39, 0.29) is 0 Å². The first-order valence-corrected chi connectivity index (χ1v) is 10.7. The molecule has 0 N–H and O–H groups in total. The molecule has 0 amide bonds. The average Bonchev–Trinajstić information content (AvgIpc) is 3.22. The fraction of sp³-hybridized carbons (Fsp3) is 0.476. The Morgan fingerprint density at radius 2 is 1.77 bits per heavy atom. The van der Waals surface area contributed by atoms with Gasteiger partial charge in [-0.05, 0) is 49.8 Å². The second kappa shape index (κ2) is 6.95. The third-order valence-electron chi connectivity index (χ3n) is 5.62. The number of pyridine rings is 1. The number of aromatic nitrogens is 3. The normalized spacial score (nSPS) is 17.9. The van der Waals surface area contributed by atoms with E-state index in [1.165, 1.54) is 77.8 Å². The van der Waals surface area contributed by atoms with Crippen molar-refractivity contribution in [3.05, 3.63) is 35.0 Å². The molecule has 1 aliphatic heterocycles. The first-order chi connectivity index (χ1) is 12.9. The molecule has 4 heterocycles. The number of aryl methyl sites for hydroxylation is 2. The number of hydrogen-bond acceptors (Lipinski definition) is 5. The Hall–Kier alpha value is -2.01. The second-order valence-electron chi connectivity index (χ2n) is 7.40. The summed E-state index contributed by atoms with van der Waals surface area (Å²) in [4.78, 5) is 19.6. The zero-order chi connectivity index (χ0) is 17.3. The van der Waals surface area contributed by atoms with Crippen LogP contribution in [0.3, 0.4) is 0 Å². The summed E-state index contributed by atoms with van der Waals surface area (Å²) >= 11 is 1.88. The fourth-order valence-corrected chi connectivity index (χ4v) is 5.54. The van der Waals surface area contributed by atoms with Crippen molar-refractivity contribution in [3.63, 3.8) is 0 Å². The smallest absolute Gasteiger partial charge is 0.164 e. The van der Waals surface area contributed by atoms with Crippen LogP contribution < -0.4 is 4.90 Å². The molecule has 1 saturated heterocycles. The SMILES string of the molecule is c1cncc(-c2nc(N3CCCCCCC3)c3c4c(sc3n2)CCC4)c1. The Balaban J connectivity index is 1.68. The van der Waals surface area contributed by atoms with Crippen molar-refractivity contribution < 1.29 is 0 Å². The minimum atomic E-state index is 0.822. The molecule has 3 aromatic heterocycles. The summed E-state index contributed by atoms with van der Waals surface area (Å²) in [5, 5.41) is 1.34. The van der Waals surface area contributed by atoms with E-state index in [0.29, 0.717) is 0 Å². The summed E-state index contributed by atoms with van der Waals surface area (Å²) in [7, 11) is 0. The lowest BCUT2D eigenvalue weighted by Crippen LogP contribution is -2.28. The van der Waals surface area contributed by atoms with Crippen LogP contribution in [-0.4, -0.2) is 28.0 Å². The molecule has 26 heavy (non-hydrogen) atoms. The molecule has 0 bridgehead atoms. The predicted molar refractivity (Wildman–Crippen MR) is 108 cm³/mol. The first kappa shape index (κ1) is 16.2. The van der Waals surface area contributed by atoms with Gasteiger partial charge in [0.2, 0.25) is 0 Å². The molecule has 2 aliphatic rings. The van der Waals surface area contributed by atoms with Crippen LogP contribution in [0, 0.1) is 0 Å². The van der Waals surface area contributed by atoms with Gasteiger partial charge in [0.25, 0.3) is 0 Å². The Morgan fingerprint density at radius 1 is 0.923 bits per heavy atom. The third kappa shape index (κ3) is 2.88. The second-order valence-corrected chi connectivity index (χ2v) is 8.49. The molecule has 5 heteroatoms. The van der Waals surface area contributed by atoms with Gasteiger partial charge in [0.15, 0.2) is 5.82 Å². The van der Waals surface area contributed by atoms with Crippen LogP contribution in [0.15, 0.2) is 24.5 Å². The van der Waals surface area contributed by atoms with Crippen molar-refractivity contribution in [1.82, 2.24) is 15.0 Å². The number of fused-ring (bicyclic) bond motifs is 3. The third-order valence-corrected chi connectivity index (χ3v) is 6.81. The van der Waals surface area contributed by atoms with Crippen molar-refractivity contribution in [2.24, 2.45) is 0 Å². The van der Waals surface area contributed by atoms with Crippen LogP contribution in [0.5, 0.6) is 0 Å². The maximum atomic E-state index is 5.10. The minimum Gasteiger partial charge on any atom is -0.356 e. The highest BCUT2D eigenvalue weighted by Gasteiger charge is 2.25.